The number of rotatable bonds is 2. The zero-order valence-electron chi connectivity index (χ0n) is 7.88. The average molecular weight is 196 g/mol. The first-order chi connectivity index (χ1) is 7.38. The van der Waals surface area contributed by atoms with Gasteiger partial charge < -0.3 is 5.32 Å². The molecule has 4 heteroatoms. The topological polar surface area (TPSA) is 61.6 Å². The van der Waals surface area contributed by atoms with E-state index in [4.69, 9.17) is 5.26 Å². The second-order valence-electron chi connectivity index (χ2n) is 2.89. The molecule has 72 valence electrons. The Morgan fingerprint density at radius 2 is 1.73 bits per heavy atom. The number of hydrogen-bond acceptors (Lipinski definition) is 4. The summed E-state index contributed by atoms with van der Waals surface area (Å²) in [7, 11) is 0. The molecular formula is C11H8N4. The lowest BCUT2D eigenvalue weighted by Gasteiger charge is -2.02. The maximum atomic E-state index is 8.62. The van der Waals surface area contributed by atoms with E-state index >= 15 is 0 Å². The quantitative estimate of drug-likeness (QED) is 0.798. The SMILES string of the molecule is N#Cc1ccc(Nc2ncccn2)cc1. The van der Waals surface area contributed by atoms with Gasteiger partial charge in [0.2, 0.25) is 5.95 Å². The summed E-state index contributed by atoms with van der Waals surface area (Å²) in [6.45, 7) is 0. The van der Waals surface area contributed by atoms with Crippen LogP contribution in [0.2, 0.25) is 0 Å². The van der Waals surface area contributed by atoms with Gasteiger partial charge in [0.25, 0.3) is 0 Å². The standard InChI is InChI=1S/C11H8N4/c12-8-9-2-4-10(5-3-9)15-11-13-6-1-7-14-11/h1-7H,(H,13,14,15). The second-order valence-corrected chi connectivity index (χ2v) is 2.89. The van der Waals surface area contributed by atoms with E-state index in [1.807, 2.05) is 12.1 Å². The Labute approximate surface area is 87.2 Å². The monoisotopic (exact) mass is 196 g/mol. The molecule has 0 radical (unpaired) electrons. The van der Waals surface area contributed by atoms with Crippen molar-refractivity contribution in [3.8, 4) is 6.07 Å². The molecule has 0 spiro atoms. The Kier molecular flexibility index (Phi) is 2.56. The third kappa shape index (κ3) is 2.29. The molecular weight excluding hydrogens is 188 g/mol. The molecule has 1 N–H and O–H groups in total. The van der Waals surface area contributed by atoms with E-state index in [0.29, 0.717) is 11.5 Å². The first-order valence-electron chi connectivity index (χ1n) is 4.43. The van der Waals surface area contributed by atoms with Crippen molar-refractivity contribution in [3.05, 3.63) is 48.3 Å². The summed E-state index contributed by atoms with van der Waals surface area (Å²) < 4.78 is 0. The van der Waals surface area contributed by atoms with Gasteiger partial charge in [-0.15, -0.1) is 0 Å². The van der Waals surface area contributed by atoms with Gasteiger partial charge in [-0.1, -0.05) is 0 Å². The third-order valence-electron chi connectivity index (χ3n) is 1.84. The fraction of sp³-hybridized carbons (Fsp3) is 0. The Balaban J connectivity index is 2.16. The molecule has 1 aromatic heterocycles. The minimum absolute atomic E-state index is 0.544. The van der Waals surface area contributed by atoms with Gasteiger partial charge in [-0.25, -0.2) is 9.97 Å². The van der Waals surface area contributed by atoms with E-state index in [2.05, 4.69) is 21.4 Å². The molecule has 15 heavy (non-hydrogen) atoms. The van der Waals surface area contributed by atoms with Gasteiger partial charge in [-0.05, 0) is 30.3 Å². The Morgan fingerprint density at radius 3 is 2.33 bits per heavy atom. The molecule has 2 rings (SSSR count). The lowest BCUT2D eigenvalue weighted by atomic mass is 10.2. The first-order valence-corrected chi connectivity index (χ1v) is 4.43. The van der Waals surface area contributed by atoms with Crippen molar-refractivity contribution in [2.75, 3.05) is 5.32 Å². The van der Waals surface area contributed by atoms with Gasteiger partial charge in [0.15, 0.2) is 0 Å². The first kappa shape index (κ1) is 9.16. The van der Waals surface area contributed by atoms with Gasteiger partial charge in [0.05, 0.1) is 11.6 Å². The predicted molar refractivity (Wildman–Crippen MR) is 56.5 cm³/mol. The van der Waals surface area contributed by atoms with E-state index in [-0.39, 0.29) is 0 Å². The van der Waals surface area contributed by atoms with Crippen molar-refractivity contribution in [1.29, 1.82) is 5.26 Å². The van der Waals surface area contributed by atoms with Gasteiger partial charge in [0, 0.05) is 18.1 Å². The Bertz CT molecular complexity index is 470. The molecule has 0 atom stereocenters. The van der Waals surface area contributed by atoms with Gasteiger partial charge in [-0.2, -0.15) is 5.26 Å². The van der Waals surface area contributed by atoms with Crippen molar-refractivity contribution in [2.45, 2.75) is 0 Å². The predicted octanol–water partition coefficient (Wildman–Crippen LogP) is 2.09. The molecule has 1 aromatic carbocycles. The van der Waals surface area contributed by atoms with E-state index in [0.717, 1.165) is 5.69 Å². The Morgan fingerprint density at radius 1 is 1.07 bits per heavy atom. The van der Waals surface area contributed by atoms with Crippen molar-refractivity contribution < 1.29 is 0 Å². The van der Waals surface area contributed by atoms with Gasteiger partial charge in [0.1, 0.15) is 0 Å². The van der Waals surface area contributed by atoms with Gasteiger partial charge in [-0.3, -0.25) is 0 Å². The molecule has 0 amide bonds. The minimum atomic E-state index is 0.544. The van der Waals surface area contributed by atoms with Crippen LogP contribution in [-0.2, 0) is 0 Å². The molecule has 0 unspecified atom stereocenters. The molecule has 0 bridgehead atoms. The zero-order chi connectivity index (χ0) is 10.5. The number of nitriles is 1. The van der Waals surface area contributed by atoms with Crippen molar-refractivity contribution in [3.63, 3.8) is 0 Å². The average Bonchev–Trinajstić information content (AvgIpc) is 2.31. The van der Waals surface area contributed by atoms with Crippen LogP contribution in [0.4, 0.5) is 11.6 Å². The summed E-state index contributed by atoms with van der Waals surface area (Å²) in [6.07, 6.45) is 3.33. The summed E-state index contributed by atoms with van der Waals surface area (Å²) in [5, 5.41) is 11.6. The third-order valence-corrected chi connectivity index (χ3v) is 1.84. The van der Waals surface area contributed by atoms with E-state index in [9.17, 15) is 0 Å². The summed E-state index contributed by atoms with van der Waals surface area (Å²) in [4.78, 5) is 8.06. The van der Waals surface area contributed by atoms with Crippen LogP contribution in [0.1, 0.15) is 5.56 Å². The summed E-state index contributed by atoms with van der Waals surface area (Å²) >= 11 is 0. The summed E-state index contributed by atoms with van der Waals surface area (Å²) in [6, 6.07) is 10.9. The van der Waals surface area contributed by atoms with Crippen LogP contribution in [0.3, 0.4) is 0 Å². The highest BCUT2D eigenvalue weighted by molar-refractivity contribution is 5.54. The lowest BCUT2D eigenvalue weighted by molar-refractivity contribution is 1.17. The number of nitrogens with one attached hydrogen (secondary N) is 1. The molecule has 0 fully saturated rings. The van der Waals surface area contributed by atoms with Gasteiger partial charge >= 0.3 is 0 Å². The molecule has 0 aliphatic rings. The summed E-state index contributed by atoms with van der Waals surface area (Å²) in [5.41, 5.74) is 1.50. The highest BCUT2D eigenvalue weighted by Gasteiger charge is 1.95. The number of anilines is 2. The highest BCUT2D eigenvalue weighted by atomic mass is 15.1. The van der Waals surface area contributed by atoms with Crippen LogP contribution < -0.4 is 5.32 Å². The van der Waals surface area contributed by atoms with Crippen LogP contribution in [0.15, 0.2) is 42.7 Å². The van der Waals surface area contributed by atoms with Crippen LogP contribution in [-0.4, -0.2) is 9.97 Å². The van der Waals surface area contributed by atoms with Crippen LogP contribution in [0.25, 0.3) is 0 Å². The number of benzene rings is 1. The molecule has 1 heterocycles. The van der Waals surface area contributed by atoms with E-state index < -0.39 is 0 Å². The van der Waals surface area contributed by atoms with Crippen LogP contribution >= 0.6 is 0 Å². The molecule has 0 saturated carbocycles. The number of aromatic nitrogens is 2. The highest BCUT2D eigenvalue weighted by Crippen LogP contribution is 2.12. The van der Waals surface area contributed by atoms with Crippen molar-refractivity contribution in [2.24, 2.45) is 0 Å². The fourth-order valence-corrected chi connectivity index (χ4v) is 1.12. The van der Waals surface area contributed by atoms with Crippen molar-refractivity contribution >= 4 is 11.6 Å². The maximum Gasteiger partial charge on any atom is 0.227 e. The molecule has 4 nitrogen and oxygen atoms in total. The molecule has 0 aliphatic heterocycles. The fourth-order valence-electron chi connectivity index (χ4n) is 1.12. The normalized spacial score (nSPS) is 9.27. The maximum absolute atomic E-state index is 8.62. The van der Waals surface area contributed by atoms with Crippen molar-refractivity contribution in [1.82, 2.24) is 9.97 Å². The zero-order valence-corrected chi connectivity index (χ0v) is 7.88. The lowest BCUT2D eigenvalue weighted by Crippen LogP contribution is -1.95. The minimum Gasteiger partial charge on any atom is -0.324 e. The van der Waals surface area contributed by atoms with E-state index in [1.54, 1.807) is 30.6 Å². The Hall–Kier alpha value is -2.41. The molecule has 2 aromatic rings. The molecule has 0 saturated heterocycles. The van der Waals surface area contributed by atoms with E-state index in [1.165, 1.54) is 0 Å². The number of nitrogens with zero attached hydrogens (tertiary/aromatic N) is 3. The number of hydrogen-bond donors (Lipinski definition) is 1. The smallest absolute Gasteiger partial charge is 0.227 e. The molecule has 0 aliphatic carbocycles. The van der Waals surface area contributed by atoms with Crippen LogP contribution in [0, 0.1) is 11.3 Å². The second kappa shape index (κ2) is 4.20. The summed E-state index contributed by atoms with van der Waals surface area (Å²) in [5.74, 6) is 0.544. The van der Waals surface area contributed by atoms with Crippen LogP contribution in [0.5, 0.6) is 0 Å². The largest absolute Gasteiger partial charge is 0.324 e.